The van der Waals surface area contributed by atoms with Crippen LogP contribution in [0.25, 0.3) is 0 Å². The smallest absolute Gasteiger partial charge is 0.0113 e. The topological polar surface area (TPSA) is 0 Å². The summed E-state index contributed by atoms with van der Waals surface area (Å²) in [5.41, 5.74) is 1.13. The summed E-state index contributed by atoms with van der Waals surface area (Å²) in [6, 6.07) is 0. The Kier molecular flexibility index (Phi) is 2.90. The van der Waals surface area contributed by atoms with Gasteiger partial charge in [-0.25, -0.2) is 0 Å². The van der Waals surface area contributed by atoms with E-state index in [0.717, 1.165) is 10.5 Å². The van der Waals surface area contributed by atoms with E-state index in [4.69, 9.17) is 0 Å². The van der Waals surface area contributed by atoms with E-state index in [1.165, 1.54) is 0 Å². The van der Waals surface area contributed by atoms with Crippen molar-refractivity contribution in [3.05, 3.63) is 46.3 Å². The standard InChI is InChI=1S/C8H8S2/c9-6-2-4-7-3-1-5-8(7)10/h1-6,9-10H/b6-2-,7-4-. The Morgan fingerprint density at radius 1 is 1.40 bits per heavy atom. The highest BCUT2D eigenvalue weighted by Gasteiger charge is 1.98. The molecule has 0 nitrogen and oxygen atoms in total. The molecule has 0 saturated heterocycles. The Morgan fingerprint density at radius 3 is 2.70 bits per heavy atom. The molecule has 0 aromatic rings. The zero-order valence-corrected chi connectivity index (χ0v) is 7.15. The highest BCUT2D eigenvalue weighted by atomic mass is 32.1. The van der Waals surface area contributed by atoms with Crippen LogP contribution in [0, 0.1) is 0 Å². The molecule has 1 aliphatic carbocycles. The van der Waals surface area contributed by atoms with Gasteiger partial charge in [-0.3, -0.25) is 0 Å². The summed E-state index contributed by atoms with van der Waals surface area (Å²) >= 11 is 8.16. The van der Waals surface area contributed by atoms with Crippen LogP contribution in [0.1, 0.15) is 0 Å². The van der Waals surface area contributed by atoms with Crippen LogP contribution in [-0.2, 0) is 0 Å². The molecule has 0 amide bonds. The second kappa shape index (κ2) is 3.74. The quantitative estimate of drug-likeness (QED) is 0.553. The molecule has 1 aliphatic rings. The minimum absolute atomic E-state index is 1.01. The van der Waals surface area contributed by atoms with Crippen LogP contribution in [0.3, 0.4) is 0 Å². The van der Waals surface area contributed by atoms with Crippen molar-refractivity contribution in [2.45, 2.75) is 0 Å². The fourth-order valence-electron chi connectivity index (χ4n) is 0.712. The van der Waals surface area contributed by atoms with Gasteiger partial charge in [0.1, 0.15) is 0 Å². The van der Waals surface area contributed by atoms with E-state index < -0.39 is 0 Å². The summed E-state index contributed by atoms with van der Waals surface area (Å²) in [6.45, 7) is 0. The molecule has 0 radical (unpaired) electrons. The van der Waals surface area contributed by atoms with Crippen LogP contribution in [0.15, 0.2) is 46.3 Å². The molecule has 0 aliphatic heterocycles. The molecular formula is C8H8S2. The van der Waals surface area contributed by atoms with Gasteiger partial charge in [0.25, 0.3) is 0 Å². The van der Waals surface area contributed by atoms with Gasteiger partial charge in [0.05, 0.1) is 0 Å². The molecule has 0 spiro atoms. The van der Waals surface area contributed by atoms with Gasteiger partial charge >= 0.3 is 0 Å². The minimum Gasteiger partial charge on any atom is -0.151 e. The van der Waals surface area contributed by atoms with E-state index in [2.05, 4.69) is 25.3 Å². The fourth-order valence-corrected chi connectivity index (χ4v) is 1.03. The fraction of sp³-hybridized carbons (Fsp3) is 0. The summed E-state index contributed by atoms with van der Waals surface area (Å²) in [7, 11) is 0. The van der Waals surface area contributed by atoms with Crippen LogP contribution in [0.2, 0.25) is 0 Å². The van der Waals surface area contributed by atoms with E-state index in [9.17, 15) is 0 Å². The van der Waals surface area contributed by atoms with Gasteiger partial charge in [-0.15, -0.1) is 12.6 Å². The van der Waals surface area contributed by atoms with Crippen molar-refractivity contribution in [3.8, 4) is 0 Å². The van der Waals surface area contributed by atoms with Gasteiger partial charge in [0, 0.05) is 4.91 Å². The third kappa shape index (κ3) is 1.82. The Bertz CT molecular complexity index is 232. The Morgan fingerprint density at radius 2 is 2.20 bits per heavy atom. The lowest BCUT2D eigenvalue weighted by Gasteiger charge is -1.90. The molecule has 1 rings (SSSR count). The van der Waals surface area contributed by atoms with Gasteiger partial charge in [0.2, 0.25) is 0 Å². The van der Waals surface area contributed by atoms with Gasteiger partial charge in [-0.2, -0.15) is 12.6 Å². The third-order valence-corrected chi connectivity index (χ3v) is 1.77. The molecule has 0 aromatic heterocycles. The lowest BCUT2D eigenvalue weighted by atomic mass is 10.3. The molecule has 0 heterocycles. The maximum Gasteiger partial charge on any atom is 0.0113 e. The average molecular weight is 168 g/mol. The van der Waals surface area contributed by atoms with Crippen LogP contribution < -0.4 is 0 Å². The lowest BCUT2D eigenvalue weighted by Crippen LogP contribution is -1.69. The molecule has 0 bridgehead atoms. The number of rotatable bonds is 1. The van der Waals surface area contributed by atoms with Crippen molar-refractivity contribution < 1.29 is 0 Å². The first-order valence-corrected chi connectivity index (χ1v) is 3.89. The van der Waals surface area contributed by atoms with Gasteiger partial charge in [0.15, 0.2) is 0 Å². The van der Waals surface area contributed by atoms with Crippen LogP contribution in [-0.4, -0.2) is 0 Å². The van der Waals surface area contributed by atoms with Crippen molar-refractivity contribution in [2.24, 2.45) is 0 Å². The van der Waals surface area contributed by atoms with E-state index >= 15 is 0 Å². The highest BCUT2D eigenvalue weighted by Crippen LogP contribution is 2.20. The first-order valence-electron chi connectivity index (χ1n) is 2.93. The second-order valence-corrected chi connectivity index (χ2v) is 2.65. The van der Waals surface area contributed by atoms with Crippen LogP contribution in [0.4, 0.5) is 0 Å². The second-order valence-electron chi connectivity index (χ2n) is 1.87. The van der Waals surface area contributed by atoms with Crippen molar-refractivity contribution in [3.63, 3.8) is 0 Å². The van der Waals surface area contributed by atoms with E-state index in [1.807, 2.05) is 30.4 Å². The maximum atomic E-state index is 4.23. The summed E-state index contributed by atoms with van der Waals surface area (Å²) in [5.74, 6) is 0. The number of hydrogen-bond acceptors (Lipinski definition) is 2. The lowest BCUT2D eigenvalue weighted by molar-refractivity contribution is 1.73. The minimum atomic E-state index is 1.01. The van der Waals surface area contributed by atoms with Crippen molar-refractivity contribution >= 4 is 25.3 Å². The van der Waals surface area contributed by atoms with E-state index in [-0.39, 0.29) is 0 Å². The first kappa shape index (κ1) is 7.76. The molecule has 0 atom stereocenters. The van der Waals surface area contributed by atoms with E-state index in [0.29, 0.717) is 0 Å². The van der Waals surface area contributed by atoms with Gasteiger partial charge in [-0.1, -0.05) is 24.3 Å². The van der Waals surface area contributed by atoms with Crippen molar-refractivity contribution in [1.82, 2.24) is 0 Å². The predicted molar refractivity (Wildman–Crippen MR) is 52.4 cm³/mol. The number of hydrogen-bond donors (Lipinski definition) is 2. The molecule has 0 aromatic carbocycles. The normalized spacial score (nSPS) is 21.0. The first-order chi connectivity index (χ1) is 4.84. The number of allylic oxidation sites excluding steroid dienone is 6. The zero-order valence-electron chi connectivity index (χ0n) is 5.36. The highest BCUT2D eigenvalue weighted by molar-refractivity contribution is 7.84. The van der Waals surface area contributed by atoms with Gasteiger partial charge < -0.3 is 0 Å². The predicted octanol–water partition coefficient (Wildman–Crippen LogP) is 2.74. The summed E-state index contributed by atoms with van der Waals surface area (Å²) < 4.78 is 0. The average Bonchev–Trinajstić information content (AvgIpc) is 2.31. The monoisotopic (exact) mass is 168 g/mol. The summed E-state index contributed by atoms with van der Waals surface area (Å²) in [5, 5.41) is 1.69. The molecule has 0 N–H and O–H groups in total. The maximum absolute atomic E-state index is 4.23. The molecule has 0 unspecified atom stereocenters. The molecule has 0 fully saturated rings. The van der Waals surface area contributed by atoms with Gasteiger partial charge in [-0.05, 0) is 17.1 Å². The molecule has 52 valence electrons. The molecule has 10 heavy (non-hydrogen) atoms. The molecular weight excluding hydrogens is 160 g/mol. The Balaban J connectivity index is 2.74. The van der Waals surface area contributed by atoms with Crippen LogP contribution >= 0.6 is 25.3 Å². The Hall–Kier alpha value is -0.340. The number of thiol groups is 2. The van der Waals surface area contributed by atoms with Crippen LogP contribution in [0.5, 0.6) is 0 Å². The molecule has 2 heteroatoms. The largest absolute Gasteiger partial charge is 0.151 e. The SMILES string of the molecule is S/C=C\C=C1\C=CC=C1S. The summed E-state index contributed by atoms with van der Waals surface area (Å²) in [6.07, 6.45) is 9.78. The summed E-state index contributed by atoms with van der Waals surface area (Å²) in [4.78, 5) is 1.01. The zero-order chi connectivity index (χ0) is 7.40. The third-order valence-electron chi connectivity index (χ3n) is 1.19. The Labute approximate surface area is 71.8 Å². The van der Waals surface area contributed by atoms with E-state index in [1.54, 1.807) is 5.41 Å². The van der Waals surface area contributed by atoms with Crippen molar-refractivity contribution in [1.29, 1.82) is 0 Å². The molecule has 0 saturated carbocycles. The van der Waals surface area contributed by atoms with Crippen molar-refractivity contribution in [2.75, 3.05) is 0 Å².